The van der Waals surface area contributed by atoms with Crippen LogP contribution in [0.2, 0.25) is 0 Å². The van der Waals surface area contributed by atoms with Crippen LogP contribution in [0.1, 0.15) is 19.4 Å². The average molecular weight is 243 g/mol. The fraction of sp³-hybridized carbons (Fsp3) is 0.308. The minimum Gasteiger partial charge on any atom is -0.372 e. The van der Waals surface area contributed by atoms with E-state index in [0.717, 1.165) is 18.7 Å². The van der Waals surface area contributed by atoms with Crippen LogP contribution in [0.5, 0.6) is 0 Å². The molecule has 0 saturated heterocycles. The van der Waals surface area contributed by atoms with E-state index in [1.807, 2.05) is 12.1 Å². The Morgan fingerprint density at radius 1 is 1.22 bits per heavy atom. The predicted molar refractivity (Wildman–Crippen MR) is 73.6 cm³/mol. The second-order valence-electron chi connectivity index (χ2n) is 3.83. The number of anilines is 1. The van der Waals surface area contributed by atoms with Gasteiger partial charge in [-0.3, -0.25) is 0 Å². The lowest BCUT2D eigenvalue weighted by molar-refractivity contribution is 0.866. The molecule has 0 aliphatic carbocycles. The molecule has 0 spiro atoms. The van der Waals surface area contributed by atoms with Crippen molar-refractivity contribution in [1.82, 2.24) is 15.2 Å². The van der Waals surface area contributed by atoms with E-state index >= 15 is 0 Å². The van der Waals surface area contributed by atoms with E-state index in [1.165, 1.54) is 12.0 Å². The van der Waals surface area contributed by atoms with Crippen molar-refractivity contribution < 1.29 is 0 Å². The van der Waals surface area contributed by atoms with Gasteiger partial charge in [-0.1, -0.05) is 12.1 Å². The van der Waals surface area contributed by atoms with E-state index in [4.69, 9.17) is 0 Å². The van der Waals surface area contributed by atoms with Crippen molar-refractivity contribution in [3.63, 3.8) is 0 Å². The third-order valence-electron chi connectivity index (χ3n) is 2.76. The van der Waals surface area contributed by atoms with Gasteiger partial charge in [0, 0.05) is 25.0 Å². The number of H-pyrrole nitrogens is 1. The summed E-state index contributed by atoms with van der Waals surface area (Å²) in [6, 6.07) is 8.31. The van der Waals surface area contributed by atoms with Crippen molar-refractivity contribution in [2.24, 2.45) is 4.99 Å². The largest absolute Gasteiger partial charge is 0.372 e. The topological polar surface area (TPSA) is 57.2 Å². The van der Waals surface area contributed by atoms with E-state index in [9.17, 15) is 0 Å². The minimum absolute atomic E-state index is 0.516. The zero-order valence-electron chi connectivity index (χ0n) is 10.7. The van der Waals surface area contributed by atoms with Crippen LogP contribution in [-0.4, -0.2) is 34.5 Å². The van der Waals surface area contributed by atoms with Crippen molar-refractivity contribution in [2.75, 3.05) is 18.0 Å². The van der Waals surface area contributed by atoms with Gasteiger partial charge in [0.1, 0.15) is 6.33 Å². The van der Waals surface area contributed by atoms with Gasteiger partial charge in [0.2, 0.25) is 5.95 Å². The van der Waals surface area contributed by atoms with Crippen LogP contribution < -0.4 is 4.90 Å². The van der Waals surface area contributed by atoms with E-state index in [2.05, 4.69) is 51.1 Å². The van der Waals surface area contributed by atoms with Gasteiger partial charge in [0.05, 0.1) is 0 Å². The summed E-state index contributed by atoms with van der Waals surface area (Å²) in [5.41, 5.74) is 2.28. The van der Waals surface area contributed by atoms with E-state index in [-0.39, 0.29) is 0 Å². The van der Waals surface area contributed by atoms with Crippen LogP contribution >= 0.6 is 0 Å². The summed E-state index contributed by atoms with van der Waals surface area (Å²) in [5, 5.41) is 6.43. The highest BCUT2D eigenvalue weighted by atomic mass is 15.2. The summed E-state index contributed by atoms with van der Waals surface area (Å²) in [7, 11) is 0. The Kier molecular flexibility index (Phi) is 4.06. The highest BCUT2D eigenvalue weighted by Gasteiger charge is 2.00. The highest BCUT2D eigenvalue weighted by Crippen LogP contribution is 2.14. The number of nitrogens with zero attached hydrogens (tertiary/aromatic N) is 4. The van der Waals surface area contributed by atoms with Gasteiger partial charge in [0.25, 0.3) is 0 Å². The fourth-order valence-corrected chi connectivity index (χ4v) is 1.76. The van der Waals surface area contributed by atoms with Crippen LogP contribution in [-0.2, 0) is 0 Å². The Balaban J connectivity index is 2.08. The molecule has 0 radical (unpaired) electrons. The Morgan fingerprint density at radius 2 is 1.94 bits per heavy atom. The molecule has 0 atom stereocenters. The van der Waals surface area contributed by atoms with Crippen molar-refractivity contribution >= 4 is 17.9 Å². The summed E-state index contributed by atoms with van der Waals surface area (Å²) >= 11 is 0. The number of hydrogen-bond donors (Lipinski definition) is 1. The van der Waals surface area contributed by atoms with Gasteiger partial charge in [-0.25, -0.2) is 10.1 Å². The molecule has 0 fully saturated rings. The van der Waals surface area contributed by atoms with Gasteiger partial charge < -0.3 is 4.90 Å². The SMILES string of the molecule is CCN(CC)c1ccc(C=Nc2ncn[nH]2)cc1. The molecule has 1 heterocycles. The number of aromatic amines is 1. The molecule has 94 valence electrons. The molecular formula is C13H17N5. The van der Waals surface area contributed by atoms with E-state index in [0.29, 0.717) is 5.95 Å². The Morgan fingerprint density at radius 3 is 2.50 bits per heavy atom. The van der Waals surface area contributed by atoms with Crippen LogP contribution in [0.25, 0.3) is 0 Å². The normalized spacial score (nSPS) is 11.0. The number of hydrogen-bond acceptors (Lipinski definition) is 4. The Bertz CT molecular complexity index is 483. The monoisotopic (exact) mass is 243 g/mol. The summed E-state index contributed by atoms with van der Waals surface area (Å²) in [4.78, 5) is 10.4. The van der Waals surface area contributed by atoms with Crippen LogP contribution in [0.3, 0.4) is 0 Å². The van der Waals surface area contributed by atoms with Crippen LogP contribution in [0, 0.1) is 0 Å². The Hall–Kier alpha value is -2.17. The van der Waals surface area contributed by atoms with Gasteiger partial charge in [-0.05, 0) is 31.5 Å². The van der Waals surface area contributed by atoms with Crippen molar-refractivity contribution in [3.8, 4) is 0 Å². The molecule has 2 aromatic rings. The number of nitrogens with one attached hydrogen (secondary N) is 1. The number of aromatic nitrogens is 3. The predicted octanol–water partition coefficient (Wildman–Crippen LogP) is 2.40. The zero-order valence-corrected chi connectivity index (χ0v) is 10.7. The molecule has 5 nitrogen and oxygen atoms in total. The van der Waals surface area contributed by atoms with E-state index in [1.54, 1.807) is 6.21 Å². The third kappa shape index (κ3) is 2.94. The summed E-state index contributed by atoms with van der Waals surface area (Å²) in [6.07, 6.45) is 3.21. The molecule has 1 aromatic heterocycles. The lowest BCUT2D eigenvalue weighted by Crippen LogP contribution is -2.21. The third-order valence-corrected chi connectivity index (χ3v) is 2.76. The lowest BCUT2D eigenvalue weighted by atomic mass is 10.2. The maximum absolute atomic E-state index is 4.18. The molecule has 0 amide bonds. The zero-order chi connectivity index (χ0) is 12.8. The molecule has 0 aliphatic heterocycles. The van der Waals surface area contributed by atoms with Crippen molar-refractivity contribution in [2.45, 2.75) is 13.8 Å². The second kappa shape index (κ2) is 5.95. The lowest BCUT2D eigenvalue weighted by Gasteiger charge is -2.20. The first-order chi connectivity index (χ1) is 8.83. The quantitative estimate of drug-likeness (QED) is 0.820. The minimum atomic E-state index is 0.516. The standard InChI is InChI=1S/C13H17N5/c1-3-18(4-2)12-7-5-11(6-8-12)9-14-13-15-10-16-17-13/h5-10H,3-4H2,1-2H3,(H,15,16,17). The number of aliphatic imine (C=N–C) groups is 1. The molecule has 5 heteroatoms. The molecule has 1 N–H and O–H groups in total. The summed E-state index contributed by atoms with van der Waals surface area (Å²) in [5.74, 6) is 0.516. The van der Waals surface area contributed by atoms with Crippen molar-refractivity contribution in [3.05, 3.63) is 36.2 Å². The maximum atomic E-state index is 4.18. The maximum Gasteiger partial charge on any atom is 0.245 e. The molecule has 18 heavy (non-hydrogen) atoms. The van der Waals surface area contributed by atoms with Crippen LogP contribution in [0.4, 0.5) is 11.6 Å². The molecule has 0 saturated carbocycles. The molecule has 0 aliphatic rings. The summed E-state index contributed by atoms with van der Waals surface area (Å²) in [6.45, 7) is 6.34. The van der Waals surface area contributed by atoms with Gasteiger partial charge in [-0.15, -0.1) is 0 Å². The second-order valence-corrected chi connectivity index (χ2v) is 3.83. The Labute approximate surface area is 107 Å². The average Bonchev–Trinajstić information content (AvgIpc) is 2.92. The molecule has 0 bridgehead atoms. The van der Waals surface area contributed by atoms with Crippen LogP contribution in [0.15, 0.2) is 35.6 Å². The van der Waals surface area contributed by atoms with Gasteiger partial charge in [-0.2, -0.15) is 10.1 Å². The first kappa shape index (κ1) is 12.3. The van der Waals surface area contributed by atoms with Gasteiger partial charge >= 0.3 is 0 Å². The van der Waals surface area contributed by atoms with Gasteiger partial charge in [0.15, 0.2) is 0 Å². The number of rotatable bonds is 5. The molecule has 2 rings (SSSR count). The van der Waals surface area contributed by atoms with E-state index < -0.39 is 0 Å². The number of benzene rings is 1. The fourth-order valence-electron chi connectivity index (χ4n) is 1.76. The molecule has 1 aromatic carbocycles. The molecular weight excluding hydrogens is 226 g/mol. The van der Waals surface area contributed by atoms with Crippen molar-refractivity contribution in [1.29, 1.82) is 0 Å². The smallest absolute Gasteiger partial charge is 0.245 e. The first-order valence-electron chi connectivity index (χ1n) is 6.08. The summed E-state index contributed by atoms with van der Waals surface area (Å²) < 4.78 is 0. The first-order valence-corrected chi connectivity index (χ1v) is 6.08. The highest BCUT2D eigenvalue weighted by molar-refractivity contribution is 5.81. The molecule has 0 unspecified atom stereocenters.